The van der Waals surface area contributed by atoms with Crippen molar-refractivity contribution in [3.63, 3.8) is 0 Å². The van der Waals surface area contributed by atoms with Gasteiger partial charge in [0.05, 0.1) is 11.7 Å². The highest BCUT2D eigenvalue weighted by Gasteiger charge is 2.31. The van der Waals surface area contributed by atoms with Crippen molar-refractivity contribution in [3.8, 4) is 0 Å². The average Bonchev–Trinajstić information content (AvgIpc) is 2.99. The number of carbonyl (C=O) groups is 1. The van der Waals surface area contributed by atoms with Gasteiger partial charge in [-0.1, -0.05) is 0 Å². The number of fused-ring (bicyclic) bond motifs is 1. The minimum absolute atomic E-state index is 0. The Morgan fingerprint density at radius 1 is 1.25 bits per heavy atom. The topological polar surface area (TPSA) is 50.2 Å². The minimum atomic E-state index is 0. The molecule has 0 spiro atoms. The summed E-state index contributed by atoms with van der Waals surface area (Å²) in [7, 11) is 0. The third-order valence-corrected chi connectivity index (χ3v) is 5.30. The van der Waals surface area contributed by atoms with Crippen molar-refractivity contribution in [1.82, 2.24) is 20.0 Å². The van der Waals surface area contributed by atoms with E-state index in [-0.39, 0.29) is 36.8 Å². The zero-order valence-electron chi connectivity index (χ0n) is 14.8. The Balaban J connectivity index is 0.00000144. The number of carbonyl (C=O) groups excluding carboxylic acids is 1. The maximum Gasteiger partial charge on any atom is 0.224 e. The van der Waals surface area contributed by atoms with Gasteiger partial charge >= 0.3 is 0 Å². The molecule has 2 fully saturated rings. The average molecular weight is 377 g/mol. The van der Waals surface area contributed by atoms with Crippen LogP contribution < -0.4 is 5.32 Å². The number of likely N-dealkylation sites (tertiary alicyclic amines) is 1. The van der Waals surface area contributed by atoms with E-state index in [9.17, 15) is 4.79 Å². The minimum Gasteiger partial charge on any atom is -0.343 e. The Morgan fingerprint density at radius 2 is 1.83 bits per heavy atom. The van der Waals surface area contributed by atoms with Gasteiger partial charge in [0.1, 0.15) is 0 Å². The van der Waals surface area contributed by atoms with Gasteiger partial charge < -0.3 is 10.2 Å². The number of nitrogens with zero attached hydrogens (tertiary/aromatic N) is 3. The van der Waals surface area contributed by atoms with Crippen LogP contribution >= 0.6 is 24.8 Å². The number of aryl methyl sites for hydroxylation is 2. The van der Waals surface area contributed by atoms with Gasteiger partial charge in [-0.2, -0.15) is 5.10 Å². The maximum absolute atomic E-state index is 12.6. The standard InChI is InChI=1S/C17H28N4O.2ClH/c1-12-8-13(2)21(19-12)14(3)9-17(22)20-6-4-15-10-18-11-16(15)5-7-20;;/h8,14-16,18H,4-7,9-11H2,1-3H3;2*1H/t14?,15-,16+;;. The second-order valence-corrected chi connectivity index (χ2v) is 7.06. The quantitative estimate of drug-likeness (QED) is 0.881. The summed E-state index contributed by atoms with van der Waals surface area (Å²) in [5, 5.41) is 7.99. The molecule has 5 nitrogen and oxygen atoms in total. The number of amides is 1. The SMILES string of the molecule is Cc1cc(C)n(C(C)CC(=O)N2CC[C@@H]3CNC[C@@H]3CC2)n1.Cl.Cl. The lowest BCUT2D eigenvalue weighted by Crippen LogP contribution is -2.34. The molecule has 1 amide bonds. The molecule has 24 heavy (non-hydrogen) atoms. The Bertz CT molecular complexity index is 535. The Kier molecular flexibility index (Phi) is 8.03. The van der Waals surface area contributed by atoms with Crippen LogP contribution in [-0.4, -0.2) is 46.8 Å². The highest BCUT2D eigenvalue weighted by atomic mass is 35.5. The summed E-state index contributed by atoms with van der Waals surface area (Å²) in [6, 6.07) is 2.20. The highest BCUT2D eigenvalue weighted by molar-refractivity contribution is 5.85. The van der Waals surface area contributed by atoms with Crippen LogP contribution in [0.2, 0.25) is 0 Å². The summed E-state index contributed by atoms with van der Waals surface area (Å²) >= 11 is 0. The molecule has 1 unspecified atom stereocenters. The van der Waals surface area contributed by atoms with E-state index in [4.69, 9.17) is 0 Å². The fourth-order valence-electron chi connectivity index (χ4n) is 4.03. The Hall–Kier alpha value is -0.780. The molecule has 0 aromatic carbocycles. The van der Waals surface area contributed by atoms with Crippen molar-refractivity contribution in [3.05, 3.63) is 17.5 Å². The van der Waals surface area contributed by atoms with Gasteiger partial charge in [0.25, 0.3) is 0 Å². The molecule has 2 aliphatic heterocycles. The van der Waals surface area contributed by atoms with E-state index in [1.807, 2.05) is 11.6 Å². The van der Waals surface area contributed by atoms with E-state index < -0.39 is 0 Å². The van der Waals surface area contributed by atoms with Gasteiger partial charge in [0, 0.05) is 25.2 Å². The van der Waals surface area contributed by atoms with Crippen LogP contribution in [0.3, 0.4) is 0 Å². The second kappa shape index (κ2) is 9.07. The molecule has 138 valence electrons. The summed E-state index contributed by atoms with van der Waals surface area (Å²) in [6.07, 6.45) is 2.85. The van der Waals surface area contributed by atoms with Crippen LogP contribution in [0.1, 0.15) is 43.6 Å². The molecule has 1 N–H and O–H groups in total. The van der Waals surface area contributed by atoms with Crippen LogP contribution in [0.4, 0.5) is 0 Å². The first-order chi connectivity index (χ1) is 10.5. The fourth-order valence-corrected chi connectivity index (χ4v) is 4.03. The van der Waals surface area contributed by atoms with Crippen molar-refractivity contribution in [2.75, 3.05) is 26.2 Å². The molecule has 0 aliphatic carbocycles. The summed E-state index contributed by atoms with van der Waals surface area (Å²) in [5.74, 6) is 1.82. The zero-order chi connectivity index (χ0) is 15.7. The van der Waals surface area contributed by atoms with Crippen LogP contribution in [0, 0.1) is 25.7 Å². The van der Waals surface area contributed by atoms with Gasteiger partial charge in [-0.3, -0.25) is 9.48 Å². The van der Waals surface area contributed by atoms with E-state index >= 15 is 0 Å². The van der Waals surface area contributed by atoms with E-state index in [2.05, 4.69) is 35.2 Å². The van der Waals surface area contributed by atoms with E-state index in [1.54, 1.807) is 0 Å². The zero-order valence-corrected chi connectivity index (χ0v) is 16.5. The number of nitrogens with one attached hydrogen (secondary N) is 1. The number of rotatable bonds is 3. The first kappa shape index (κ1) is 21.3. The van der Waals surface area contributed by atoms with Crippen molar-refractivity contribution >= 4 is 30.7 Å². The number of halogens is 2. The van der Waals surface area contributed by atoms with E-state index in [1.165, 1.54) is 0 Å². The molecule has 0 radical (unpaired) electrons. The van der Waals surface area contributed by atoms with Crippen LogP contribution in [0.5, 0.6) is 0 Å². The predicted molar refractivity (Wildman–Crippen MR) is 101 cm³/mol. The molecule has 3 heterocycles. The largest absolute Gasteiger partial charge is 0.343 e. The van der Waals surface area contributed by atoms with Crippen molar-refractivity contribution in [1.29, 1.82) is 0 Å². The monoisotopic (exact) mass is 376 g/mol. The Morgan fingerprint density at radius 3 is 2.33 bits per heavy atom. The molecule has 2 saturated heterocycles. The third-order valence-electron chi connectivity index (χ3n) is 5.30. The first-order valence-electron chi connectivity index (χ1n) is 8.56. The lowest BCUT2D eigenvalue weighted by Gasteiger charge is -2.23. The smallest absolute Gasteiger partial charge is 0.224 e. The summed E-state index contributed by atoms with van der Waals surface area (Å²) in [4.78, 5) is 14.7. The maximum atomic E-state index is 12.6. The van der Waals surface area contributed by atoms with Crippen molar-refractivity contribution < 1.29 is 4.79 Å². The lowest BCUT2D eigenvalue weighted by molar-refractivity contribution is -0.132. The Labute approximate surface area is 157 Å². The van der Waals surface area contributed by atoms with Gasteiger partial charge in [0.2, 0.25) is 5.91 Å². The molecule has 3 rings (SSSR count). The molecular formula is C17H30Cl2N4O. The molecule has 0 saturated carbocycles. The number of hydrogen-bond donors (Lipinski definition) is 1. The van der Waals surface area contributed by atoms with E-state index in [0.29, 0.717) is 6.42 Å². The summed E-state index contributed by atoms with van der Waals surface area (Å²) in [5.41, 5.74) is 2.15. The highest BCUT2D eigenvalue weighted by Crippen LogP contribution is 2.27. The molecule has 1 aromatic rings. The van der Waals surface area contributed by atoms with Gasteiger partial charge in [-0.05, 0) is 64.6 Å². The molecule has 0 bridgehead atoms. The van der Waals surface area contributed by atoms with Gasteiger partial charge in [-0.25, -0.2) is 0 Å². The molecule has 2 aliphatic rings. The fraction of sp³-hybridized carbons (Fsp3) is 0.765. The van der Waals surface area contributed by atoms with Crippen LogP contribution in [0.25, 0.3) is 0 Å². The third kappa shape index (κ3) is 4.64. The predicted octanol–water partition coefficient (Wildman–Crippen LogP) is 2.75. The van der Waals surface area contributed by atoms with Crippen molar-refractivity contribution in [2.24, 2.45) is 11.8 Å². The molecule has 7 heteroatoms. The summed E-state index contributed by atoms with van der Waals surface area (Å²) in [6.45, 7) is 10.3. The van der Waals surface area contributed by atoms with Crippen LogP contribution in [0.15, 0.2) is 6.07 Å². The van der Waals surface area contributed by atoms with Crippen molar-refractivity contribution in [2.45, 2.75) is 46.1 Å². The number of hydrogen-bond acceptors (Lipinski definition) is 3. The first-order valence-corrected chi connectivity index (χ1v) is 8.56. The van der Waals surface area contributed by atoms with E-state index in [0.717, 1.165) is 62.2 Å². The lowest BCUT2D eigenvalue weighted by atomic mass is 9.92. The summed E-state index contributed by atoms with van der Waals surface area (Å²) < 4.78 is 1.99. The molecule has 1 aromatic heterocycles. The normalized spacial score (nSPS) is 24.4. The van der Waals surface area contributed by atoms with Gasteiger partial charge in [-0.15, -0.1) is 24.8 Å². The second-order valence-electron chi connectivity index (χ2n) is 7.06. The van der Waals surface area contributed by atoms with Crippen LogP contribution in [-0.2, 0) is 4.79 Å². The molecule has 3 atom stereocenters. The molecular weight excluding hydrogens is 347 g/mol. The van der Waals surface area contributed by atoms with Gasteiger partial charge in [0.15, 0.2) is 0 Å². The number of aromatic nitrogens is 2.